The largest absolute Gasteiger partial charge is 0.324 e. The molecule has 1 saturated heterocycles. The van der Waals surface area contributed by atoms with Crippen LogP contribution in [-0.4, -0.2) is 64.6 Å². The number of rotatable bonds is 3. The maximum atomic E-state index is 12.8. The number of para-hydroxylation sites is 1. The molecule has 1 fully saturated rings. The molecular weight excluding hydrogens is 450 g/mol. The molecule has 1 N–H and O–H groups in total. The first-order valence-electron chi connectivity index (χ1n) is 10.1. The fourth-order valence-electron chi connectivity index (χ4n) is 4.42. The van der Waals surface area contributed by atoms with E-state index >= 15 is 0 Å². The minimum atomic E-state index is -3.36. The monoisotopic (exact) mass is 471 g/mol. The van der Waals surface area contributed by atoms with Gasteiger partial charge in [0, 0.05) is 25.0 Å². The van der Waals surface area contributed by atoms with E-state index in [0.717, 1.165) is 11.3 Å². The number of carbonyl (C=O) groups is 1. The van der Waals surface area contributed by atoms with Gasteiger partial charge in [0.2, 0.25) is 10.0 Å². The van der Waals surface area contributed by atoms with Crippen LogP contribution in [0.5, 0.6) is 0 Å². The number of hydrogen-bond acceptors (Lipinski definition) is 8. The van der Waals surface area contributed by atoms with Crippen molar-refractivity contribution in [1.29, 1.82) is 0 Å². The highest BCUT2D eigenvalue weighted by atomic mass is 32.2. The fraction of sp³-hybridized carbons (Fsp3) is 0.350. The molecule has 10 nitrogen and oxygen atoms in total. The zero-order chi connectivity index (χ0) is 22.3. The van der Waals surface area contributed by atoms with E-state index in [1.54, 1.807) is 11.1 Å². The minimum absolute atomic E-state index is 0.246. The van der Waals surface area contributed by atoms with Crippen molar-refractivity contribution in [3.63, 3.8) is 0 Å². The average Bonchev–Trinajstić information content (AvgIpc) is 3.42. The van der Waals surface area contributed by atoms with Crippen molar-refractivity contribution in [3.05, 3.63) is 48.5 Å². The molecule has 4 heterocycles. The Morgan fingerprint density at radius 2 is 1.91 bits per heavy atom. The molecule has 1 aromatic carbocycles. The van der Waals surface area contributed by atoms with E-state index in [4.69, 9.17) is 0 Å². The highest BCUT2D eigenvalue weighted by Gasteiger charge is 2.47. The average molecular weight is 472 g/mol. The summed E-state index contributed by atoms with van der Waals surface area (Å²) in [4.78, 5) is 27.1. The number of aromatic nitrogens is 4. The third-order valence-electron chi connectivity index (χ3n) is 6.07. The predicted molar refractivity (Wildman–Crippen MR) is 121 cm³/mol. The van der Waals surface area contributed by atoms with Crippen LogP contribution in [0.25, 0.3) is 10.7 Å². The van der Waals surface area contributed by atoms with Gasteiger partial charge in [0.15, 0.2) is 10.8 Å². The second-order valence-electron chi connectivity index (χ2n) is 8.02. The lowest BCUT2D eigenvalue weighted by Crippen LogP contribution is -2.48. The second kappa shape index (κ2) is 7.78. The van der Waals surface area contributed by atoms with Crippen LogP contribution in [0.3, 0.4) is 0 Å². The highest BCUT2D eigenvalue weighted by molar-refractivity contribution is 7.92. The molecule has 166 valence electrons. The first-order chi connectivity index (χ1) is 15.4. The van der Waals surface area contributed by atoms with Gasteiger partial charge in [0.1, 0.15) is 12.0 Å². The molecule has 0 unspecified atom stereocenters. The van der Waals surface area contributed by atoms with Crippen molar-refractivity contribution in [2.24, 2.45) is 0 Å². The molecule has 3 aromatic rings. The van der Waals surface area contributed by atoms with Gasteiger partial charge in [-0.3, -0.25) is 9.62 Å². The van der Waals surface area contributed by atoms with Crippen molar-refractivity contribution in [1.82, 2.24) is 24.2 Å². The van der Waals surface area contributed by atoms with E-state index in [-0.39, 0.29) is 11.4 Å². The van der Waals surface area contributed by atoms with Crippen LogP contribution >= 0.6 is 11.5 Å². The smallest absolute Gasteiger partial charge is 0.323 e. The van der Waals surface area contributed by atoms with Crippen molar-refractivity contribution in [2.75, 3.05) is 35.5 Å². The summed E-state index contributed by atoms with van der Waals surface area (Å²) in [6.07, 6.45) is 7.12. The first-order valence-corrected chi connectivity index (χ1v) is 12.7. The Balaban J connectivity index is 1.26. The maximum absolute atomic E-state index is 12.8. The van der Waals surface area contributed by atoms with Crippen LogP contribution in [-0.2, 0) is 15.4 Å². The number of carbonyl (C=O) groups excluding carboxylic acids is 1. The Hall–Kier alpha value is -3.12. The van der Waals surface area contributed by atoms with Crippen molar-refractivity contribution >= 4 is 39.1 Å². The van der Waals surface area contributed by atoms with Gasteiger partial charge in [0.05, 0.1) is 24.3 Å². The topological polar surface area (TPSA) is 121 Å². The number of fused-ring (bicyclic) bond motifs is 2. The van der Waals surface area contributed by atoms with Crippen LogP contribution in [0.2, 0.25) is 0 Å². The molecule has 0 atom stereocenters. The third kappa shape index (κ3) is 3.69. The van der Waals surface area contributed by atoms with E-state index in [0.29, 0.717) is 49.0 Å². The van der Waals surface area contributed by atoms with Crippen molar-refractivity contribution in [2.45, 2.75) is 18.3 Å². The molecule has 2 aliphatic heterocycles. The molecular formula is C20H21N7O3S2. The lowest BCUT2D eigenvalue weighted by Gasteiger charge is -2.39. The number of sulfonamides is 1. The van der Waals surface area contributed by atoms with E-state index in [9.17, 15) is 13.2 Å². The zero-order valence-corrected chi connectivity index (χ0v) is 18.9. The van der Waals surface area contributed by atoms with Gasteiger partial charge in [-0.1, -0.05) is 18.2 Å². The Labute approximate surface area is 189 Å². The van der Waals surface area contributed by atoms with E-state index in [2.05, 4.69) is 24.6 Å². The number of likely N-dealkylation sites (tertiary alicyclic amines) is 1. The van der Waals surface area contributed by atoms with Gasteiger partial charge >= 0.3 is 6.03 Å². The Kier molecular flexibility index (Phi) is 5.05. The van der Waals surface area contributed by atoms with Crippen LogP contribution in [0.15, 0.2) is 43.0 Å². The van der Waals surface area contributed by atoms with Gasteiger partial charge in [-0.15, -0.1) is 0 Å². The van der Waals surface area contributed by atoms with Gasteiger partial charge in [0.25, 0.3) is 0 Å². The van der Waals surface area contributed by atoms with E-state index < -0.39 is 10.0 Å². The quantitative estimate of drug-likeness (QED) is 0.622. The van der Waals surface area contributed by atoms with Crippen molar-refractivity contribution in [3.8, 4) is 10.7 Å². The summed E-state index contributed by atoms with van der Waals surface area (Å²) in [7, 11) is -3.36. The lowest BCUT2D eigenvalue weighted by molar-refractivity contribution is 0.173. The number of urea groups is 1. The molecule has 2 amide bonds. The van der Waals surface area contributed by atoms with E-state index in [1.165, 1.54) is 34.6 Å². The normalized spacial score (nSPS) is 17.4. The number of anilines is 2. The molecule has 0 saturated carbocycles. The summed E-state index contributed by atoms with van der Waals surface area (Å²) in [5, 5.41) is 3.45. The third-order valence-corrected chi connectivity index (χ3v) is 7.88. The van der Waals surface area contributed by atoms with Gasteiger partial charge in [-0.25, -0.2) is 28.2 Å². The Morgan fingerprint density at radius 3 is 2.56 bits per heavy atom. The summed E-state index contributed by atoms with van der Waals surface area (Å²) < 4.78 is 30.1. The fourth-order valence-corrected chi connectivity index (χ4v) is 5.91. The minimum Gasteiger partial charge on any atom is -0.324 e. The lowest BCUT2D eigenvalue weighted by atomic mass is 9.74. The summed E-state index contributed by atoms with van der Waals surface area (Å²) in [5.74, 6) is 0.359. The van der Waals surface area contributed by atoms with Crippen LogP contribution in [0, 0.1) is 0 Å². The van der Waals surface area contributed by atoms with Crippen LogP contribution in [0.4, 0.5) is 16.3 Å². The Morgan fingerprint density at radius 1 is 1.12 bits per heavy atom. The van der Waals surface area contributed by atoms with E-state index in [1.807, 2.05) is 24.3 Å². The number of amides is 2. The second-order valence-corrected chi connectivity index (χ2v) is 10.7. The number of nitrogens with one attached hydrogen (secondary N) is 1. The number of benzene rings is 1. The molecule has 5 rings (SSSR count). The zero-order valence-electron chi connectivity index (χ0n) is 17.3. The number of hydrogen-bond donors (Lipinski definition) is 1. The number of nitrogens with zero attached hydrogens (tertiary/aromatic N) is 6. The molecule has 2 aromatic heterocycles. The van der Waals surface area contributed by atoms with Crippen LogP contribution in [0.1, 0.15) is 18.4 Å². The summed E-state index contributed by atoms with van der Waals surface area (Å²) >= 11 is 1.22. The molecule has 2 aliphatic rings. The van der Waals surface area contributed by atoms with Gasteiger partial charge < -0.3 is 4.90 Å². The predicted octanol–water partition coefficient (Wildman–Crippen LogP) is 2.34. The highest BCUT2D eigenvalue weighted by Crippen LogP contribution is 2.47. The van der Waals surface area contributed by atoms with Gasteiger partial charge in [-0.2, -0.15) is 4.37 Å². The molecule has 1 spiro atoms. The summed E-state index contributed by atoms with van der Waals surface area (Å²) in [6, 6.07) is 7.41. The molecule has 0 radical (unpaired) electrons. The number of piperidine rings is 1. The summed E-state index contributed by atoms with van der Waals surface area (Å²) in [6.45, 7) is 1.46. The molecule has 32 heavy (non-hydrogen) atoms. The molecule has 12 heteroatoms. The standard InChI is InChI=1S/C20H21N7O3S2/c1-32(29,30)27-12-20(14-4-2-3-5-16(14)27)6-8-26(9-7-20)19(28)25-17-11-21-15(10-22-17)18-23-13-24-31-18/h2-5,10-11,13H,6-9,12H2,1H3,(H,22,25,28). The van der Waals surface area contributed by atoms with Crippen LogP contribution < -0.4 is 9.62 Å². The maximum Gasteiger partial charge on any atom is 0.323 e. The molecule has 0 bridgehead atoms. The SMILES string of the molecule is CS(=O)(=O)N1CC2(CCN(C(=O)Nc3cnc(-c4ncns4)cn3)CC2)c2ccccc21. The van der Waals surface area contributed by atoms with Gasteiger partial charge in [-0.05, 0) is 36.0 Å². The summed E-state index contributed by atoms with van der Waals surface area (Å²) in [5.41, 5.74) is 2.11. The Bertz CT molecular complexity index is 1240. The van der Waals surface area contributed by atoms with Crippen molar-refractivity contribution < 1.29 is 13.2 Å². The molecule has 0 aliphatic carbocycles. The first kappa shape index (κ1) is 20.8.